The van der Waals surface area contributed by atoms with Crippen LogP contribution in [0.25, 0.3) is 0 Å². The number of hydrogen-bond acceptors (Lipinski definition) is 4. The highest BCUT2D eigenvalue weighted by atomic mass is 16.3. The van der Waals surface area contributed by atoms with Crippen LogP contribution in [0.15, 0.2) is 36.7 Å². The number of imidazole rings is 1. The fourth-order valence-corrected chi connectivity index (χ4v) is 5.56. The molecular formula is C21H26N4O2. The molecule has 2 bridgehead atoms. The number of likely N-dealkylation sites (tertiary alicyclic amines) is 1. The number of carbonyl (C=O) groups is 1. The molecule has 0 saturated carbocycles. The number of hydrogen-bond donors (Lipinski definition) is 1. The number of phenolic OH excluding ortho intramolecular Hbond substituents is 1. The second-order valence-electron chi connectivity index (χ2n) is 8.20. The lowest BCUT2D eigenvalue weighted by molar-refractivity contribution is -0.136. The Kier molecular flexibility index (Phi) is 3.97. The summed E-state index contributed by atoms with van der Waals surface area (Å²) in [6.45, 7) is 5.28. The van der Waals surface area contributed by atoms with Gasteiger partial charge in [0.1, 0.15) is 18.1 Å². The minimum absolute atomic E-state index is 0.183. The Morgan fingerprint density at radius 2 is 2.07 bits per heavy atom. The number of rotatable bonds is 3. The second kappa shape index (κ2) is 6.37. The van der Waals surface area contributed by atoms with Gasteiger partial charge in [0.2, 0.25) is 5.91 Å². The molecule has 0 spiro atoms. The molecule has 5 heterocycles. The van der Waals surface area contributed by atoms with E-state index in [1.54, 1.807) is 12.3 Å². The number of piperidine rings is 3. The van der Waals surface area contributed by atoms with E-state index in [1.165, 1.54) is 12.8 Å². The number of aromatic nitrogens is 2. The average Bonchev–Trinajstić information content (AvgIpc) is 3.28. The fourth-order valence-electron chi connectivity index (χ4n) is 5.56. The zero-order chi connectivity index (χ0) is 18.5. The molecule has 6 rings (SSSR count). The molecule has 1 aromatic carbocycles. The van der Waals surface area contributed by atoms with Crippen LogP contribution < -0.4 is 0 Å². The van der Waals surface area contributed by atoms with Crippen molar-refractivity contribution in [3.8, 4) is 5.75 Å². The number of nitrogens with zero attached hydrogens (tertiary/aromatic N) is 4. The third-order valence-electron chi connectivity index (χ3n) is 6.84. The first-order valence-corrected chi connectivity index (χ1v) is 9.92. The van der Waals surface area contributed by atoms with Gasteiger partial charge in [-0.25, -0.2) is 4.98 Å². The van der Waals surface area contributed by atoms with E-state index in [0.29, 0.717) is 24.3 Å². The average molecular weight is 366 g/mol. The highest BCUT2D eigenvalue weighted by Crippen LogP contribution is 2.46. The van der Waals surface area contributed by atoms with Crippen molar-refractivity contribution in [3.05, 3.63) is 48.0 Å². The van der Waals surface area contributed by atoms with Crippen molar-refractivity contribution in [2.24, 2.45) is 5.92 Å². The zero-order valence-electron chi connectivity index (χ0n) is 15.7. The van der Waals surface area contributed by atoms with Crippen molar-refractivity contribution >= 4 is 5.91 Å². The zero-order valence-corrected chi connectivity index (χ0v) is 15.7. The molecule has 4 fully saturated rings. The molecular weight excluding hydrogens is 340 g/mol. The third kappa shape index (κ3) is 2.74. The highest BCUT2D eigenvalue weighted by Gasteiger charge is 2.54. The van der Waals surface area contributed by atoms with Gasteiger partial charge in [-0.05, 0) is 56.5 Å². The van der Waals surface area contributed by atoms with Gasteiger partial charge in [0.15, 0.2) is 0 Å². The lowest BCUT2D eigenvalue weighted by Gasteiger charge is -2.51. The van der Waals surface area contributed by atoms with Gasteiger partial charge in [-0.3, -0.25) is 9.69 Å². The van der Waals surface area contributed by atoms with E-state index >= 15 is 0 Å². The van der Waals surface area contributed by atoms with E-state index in [9.17, 15) is 9.90 Å². The molecule has 0 aliphatic carbocycles. The number of fused-ring (bicyclic) bond motifs is 2. The first-order valence-electron chi connectivity index (χ1n) is 9.92. The Labute approximate surface area is 159 Å². The molecule has 4 aliphatic rings. The van der Waals surface area contributed by atoms with E-state index in [1.807, 2.05) is 29.8 Å². The summed E-state index contributed by atoms with van der Waals surface area (Å²) in [4.78, 5) is 22.2. The summed E-state index contributed by atoms with van der Waals surface area (Å²) in [6.07, 6.45) is 5.99. The van der Waals surface area contributed by atoms with Crippen molar-refractivity contribution in [1.82, 2.24) is 19.4 Å². The summed E-state index contributed by atoms with van der Waals surface area (Å²) < 4.78 is 1.93. The second-order valence-corrected chi connectivity index (χ2v) is 8.20. The molecule has 142 valence electrons. The summed E-state index contributed by atoms with van der Waals surface area (Å²) >= 11 is 0. The summed E-state index contributed by atoms with van der Waals surface area (Å²) in [5.41, 5.74) is 1.15. The normalized spacial score (nSPS) is 31.9. The van der Waals surface area contributed by atoms with Gasteiger partial charge in [-0.2, -0.15) is 0 Å². The van der Waals surface area contributed by atoms with E-state index < -0.39 is 0 Å². The van der Waals surface area contributed by atoms with Crippen LogP contribution in [0.3, 0.4) is 0 Å². The molecule has 0 unspecified atom stereocenters. The maximum atomic E-state index is 13.2. The maximum Gasteiger partial charge on any atom is 0.242 e. The SMILES string of the molecule is Cc1nccn1CC(=O)N1C[C@H](c2cccc(O)c2)[C@H]2[C@@H]1C1CCN2CC1. The van der Waals surface area contributed by atoms with Crippen molar-refractivity contribution < 1.29 is 9.90 Å². The van der Waals surface area contributed by atoms with Crippen LogP contribution in [0.1, 0.15) is 30.1 Å². The standard InChI is InChI=1S/C21H26N4O2/c1-14-22-7-10-24(14)13-19(27)25-12-18(16-3-2-4-17(26)11-16)21-20(25)15-5-8-23(21)9-6-15/h2-4,7,10-11,15,18,20-21,26H,5-6,8-9,12-13H2,1H3/t18-,20+,21+/m1/s1. The number of aryl methyl sites for hydroxylation is 1. The minimum Gasteiger partial charge on any atom is -0.508 e. The van der Waals surface area contributed by atoms with E-state index in [-0.39, 0.29) is 17.9 Å². The number of aromatic hydroxyl groups is 1. The van der Waals surface area contributed by atoms with Crippen LogP contribution in [-0.4, -0.2) is 62.1 Å². The molecule has 2 aromatic rings. The maximum absolute atomic E-state index is 13.2. The monoisotopic (exact) mass is 366 g/mol. The van der Waals surface area contributed by atoms with Gasteiger partial charge in [-0.15, -0.1) is 0 Å². The predicted octanol–water partition coefficient (Wildman–Crippen LogP) is 1.99. The van der Waals surface area contributed by atoms with Crippen LogP contribution in [0.2, 0.25) is 0 Å². The molecule has 6 nitrogen and oxygen atoms in total. The van der Waals surface area contributed by atoms with Crippen LogP contribution >= 0.6 is 0 Å². The Bertz CT molecular complexity index is 855. The summed E-state index contributed by atoms with van der Waals surface area (Å²) in [7, 11) is 0. The topological polar surface area (TPSA) is 61.6 Å². The molecule has 4 aliphatic heterocycles. The van der Waals surface area contributed by atoms with E-state index in [4.69, 9.17) is 0 Å². The largest absolute Gasteiger partial charge is 0.508 e. The smallest absolute Gasteiger partial charge is 0.242 e. The Morgan fingerprint density at radius 3 is 2.78 bits per heavy atom. The van der Waals surface area contributed by atoms with Gasteiger partial charge in [0, 0.05) is 30.9 Å². The summed E-state index contributed by atoms with van der Waals surface area (Å²) in [5, 5.41) is 9.97. The minimum atomic E-state index is 0.183. The van der Waals surface area contributed by atoms with Crippen LogP contribution in [-0.2, 0) is 11.3 Å². The number of benzene rings is 1. The number of carbonyl (C=O) groups excluding carboxylic acids is 1. The summed E-state index contributed by atoms with van der Waals surface area (Å²) in [5.74, 6) is 2.21. The number of phenols is 1. The molecule has 1 aromatic heterocycles. The highest BCUT2D eigenvalue weighted by molar-refractivity contribution is 5.77. The van der Waals surface area contributed by atoms with Crippen molar-refractivity contribution in [3.63, 3.8) is 0 Å². The molecule has 6 heteroatoms. The summed E-state index contributed by atoms with van der Waals surface area (Å²) in [6, 6.07) is 8.25. The van der Waals surface area contributed by atoms with Gasteiger partial charge >= 0.3 is 0 Å². The molecule has 0 radical (unpaired) electrons. The van der Waals surface area contributed by atoms with Crippen LogP contribution in [0, 0.1) is 12.8 Å². The Hall–Kier alpha value is -2.34. The van der Waals surface area contributed by atoms with Crippen molar-refractivity contribution in [2.45, 2.75) is 44.3 Å². The molecule has 3 atom stereocenters. The lowest BCUT2D eigenvalue weighted by atomic mass is 9.75. The fraction of sp³-hybridized carbons (Fsp3) is 0.524. The van der Waals surface area contributed by atoms with E-state index in [2.05, 4.69) is 20.9 Å². The number of amides is 1. The lowest BCUT2D eigenvalue weighted by Crippen LogP contribution is -2.61. The van der Waals surface area contributed by atoms with Gasteiger partial charge in [0.25, 0.3) is 0 Å². The van der Waals surface area contributed by atoms with Crippen LogP contribution in [0.5, 0.6) is 5.75 Å². The predicted molar refractivity (Wildman–Crippen MR) is 101 cm³/mol. The van der Waals surface area contributed by atoms with Crippen molar-refractivity contribution in [1.29, 1.82) is 0 Å². The molecule has 4 saturated heterocycles. The third-order valence-corrected chi connectivity index (χ3v) is 6.84. The Morgan fingerprint density at radius 1 is 1.26 bits per heavy atom. The Balaban J connectivity index is 1.47. The molecule has 27 heavy (non-hydrogen) atoms. The molecule has 1 N–H and O–H groups in total. The van der Waals surface area contributed by atoms with E-state index in [0.717, 1.165) is 31.0 Å². The van der Waals surface area contributed by atoms with Gasteiger partial charge in [0.05, 0.1) is 6.04 Å². The first kappa shape index (κ1) is 16.8. The first-order chi connectivity index (χ1) is 13.1. The van der Waals surface area contributed by atoms with Gasteiger partial charge in [-0.1, -0.05) is 12.1 Å². The van der Waals surface area contributed by atoms with Crippen molar-refractivity contribution in [2.75, 3.05) is 19.6 Å². The molecule has 1 amide bonds. The van der Waals surface area contributed by atoms with Gasteiger partial charge < -0.3 is 14.6 Å². The van der Waals surface area contributed by atoms with Crippen LogP contribution in [0.4, 0.5) is 0 Å². The quantitative estimate of drug-likeness (QED) is 0.902.